The van der Waals surface area contributed by atoms with Gasteiger partial charge in [0, 0.05) is 19.6 Å². The predicted octanol–water partition coefficient (Wildman–Crippen LogP) is 1.94. The topological polar surface area (TPSA) is 42.1 Å². The molecule has 0 amide bonds. The maximum atomic E-state index is 5.57. The second kappa shape index (κ2) is 6.40. The average molecular weight is 219 g/mol. The van der Waals surface area contributed by atoms with Crippen molar-refractivity contribution in [1.29, 1.82) is 0 Å². The Labute approximate surface area is 98.0 Å². The highest BCUT2D eigenvalue weighted by Crippen LogP contribution is 2.05. The van der Waals surface area contributed by atoms with E-state index in [2.05, 4.69) is 23.4 Å². The molecule has 3 heteroatoms. The van der Waals surface area contributed by atoms with E-state index in [4.69, 9.17) is 5.73 Å². The molecule has 0 unspecified atom stereocenters. The molecule has 88 valence electrons. The van der Waals surface area contributed by atoms with E-state index in [0.29, 0.717) is 6.54 Å². The summed E-state index contributed by atoms with van der Waals surface area (Å²) in [7, 11) is 0. The van der Waals surface area contributed by atoms with E-state index in [1.807, 2.05) is 25.1 Å². The third-order valence-electron chi connectivity index (χ3n) is 2.40. The summed E-state index contributed by atoms with van der Waals surface area (Å²) in [5.41, 5.74) is 8.77. The summed E-state index contributed by atoms with van der Waals surface area (Å²) in [6.07, 6.45) is 0. The molecule has 0 saturated carbocycles. The Morgan fingerprint density at radius 1 is 1.44 bits per heavy atom. The van der Waals surface area contributed by atoms with Crippen LogP contribution in [0.25, 0.3) is 0 Å². The van der Waals surface area contributed by atoms with Crippen LogP contribution in [0.1, 0.15) is 25.2 Å². The highest BCUT2D eigenvalue weighted by atomic mass is 15.1. The Kier molecular flexibility index (Phi) is 5.15. The van der Waals surface area contributed by atoms with E-state index in [1.54, 1.807) is 0 Å². The second-order valence-corrected chi connectivity index (χ2v) is 4.08. The Bertz CT molecular complexity index is 347. The fourth-order valence-corrected chi connectivity index (χ4v) is 1.62. The number of aromatic nitrogens is 1. The summed E-state index contributed by atoms with van der Waals surface area (Å²) in [6, 6.07) is 6.01. The Hall–Kier alpha value is -1.19. The molecule has 1 heterocycles. The third-order valence-corrected chi connectivity index (χ3v) is 2.40. The molecule has 0 radical (unpaired) electrons. The predicted molar refractivity (Wildman–Crippen MR) is 67.9 cm³/mol. The zero-order valence-electron chi connectivity index (χ0n) is 10.2. The van der Waals surface area contributed by atoms with Gasteiger partial charge >= 0.3 is 0 Å². The monoisotopic (exact) mass is 219 g/mol. The first-order chi connectivity index (χ1) is 7.65. The molecule has 1 rings (SSSR count). The molecule has 0 aliphatic heterocycles. The summed E-state index contributed by atoms with van der Waals surface area (Å²) in [4.78, 5) is 6.80. The molecule has 1 aromatic rings. The van der Waals surface area contributed by atoms with E-state index in [-0.39, 0.29) is 0 Å². The number of rotatable bonds is 6. The van der Waals surface area contributed by atoms with Gasteiger partial charge in [-0.25, -0.2) is 0 Å². The Balaban J connectivity index is 2.65. The standard InChI is InChI=1S/C13H21N3/c1-4-16(9-11(2)3)10-13-7-5-6-12(8-14)15-13/h5-7H,2,4,8-10,14H2,1,3H3. The van der Waals surface area contributed by atoms with E-state index in [0.717, 1.165) is 31.0 Å². The van der Waals surface area contributed by atoms with Gasteiger partial charge in [-0.1, -0.05) is 25.1 Å². The molecule has 0 aromatic carbocycles. The van der Waals surface area contributed by atoms with Crippen molar-refractivity contribution < 1.29 is 0 Å². The SMILES string of the molecule is C=C(C)CN(CC)Cc1cccc(CN)n1. The highest BCUT2D eigenvalue weighted by molar-refractivity contribution is 5.11. The minimum atomic E-state index is 0.500. The van der Waals surface area contributed by atoms with Crippen molar-refractivity contribution in [1.82, 2.24) is 9.88 Å². The molecule has 0 spiro atoms. The van der Waals surface area contributed by atoms with Crippen LogP contribution in [0.2, 0.25) is 0 Å². The third kappa shape index (κ3) is 4.13. The van der Waals surface area contributed by atoms with Crippen LogP contribution >= 0.6 is 0 Å². The summed E-state index contributed by atoms with van der Waals surface area (Å²) < 4.78 is 0. The van der Waals surface area contributed by atoms with Gasteiger partial charge in [-0.15, -0.1) is 0 Å². The van der Waals surface area contributed by atoms with Crippen molar-refractivity contribution in [2.75, 3.05) is 13.1 Å². The first-order valence-corrected chi connectivity index (χ1v) is 5.67. The molecule has 0 aliphatic carbocycles. The smallest absolute Gasteiger partial charge is 0.0547 e. The Morgan fingerprint density at radius 2 is 2.12 bits per heavy atom. The van der Waals surface area contributed by atoms with Crippen molar-refractivity contribution >= 4 is 0 Å². The number of hydrogen-bond donors (Lipinski definition) is 1. The van der Waals surface area contributed by atoms with E-state index < -0.39 is 0 Å². The van der Waals surface area contributed by atoms with Gasteiger partial charge in [-0.3, -0.25) is 9.88 Å². The molecule has 1 aromatic heterocycles. The van der Waals surface area contributed by atoms with Crippen molar-refractivity contribution in [2.45, 2.75) is 26.9 Å². The normalized spacial score (nSPS) is 10.8. The van der Waals surface area contributed by atoms with Gasteiger partial charge in [0.15, 0.2) is 0 Å². The first-order valence-electron chi connectivity index (χ1n) is 5.67. The fourth-order valence-electron chi connectivity index (χ4n) is 1.62. The van der Waals surface area contributed by atoms with Gasteiger partial charge in [0.05, 0.1) is 11.4 Å². The van der Waals surface area contributed by atoms with Gasteiger partial charge in [0.2, 0.25) is 0 Å². The number of pyridine rings is 1. The van der Waals surface area contributed by atoms with Crippen molar-refractivity contribution in [3.05, 3.63) is 41.7 Å². The van der Waals surface area contributed by atoms with E-state index >= 15 is 0 Å². The number of likely N-dealkylation sites (N-methyl/N-ethyl adjacent to an activating group) is 1. The van der Waals surface area contributed by atoms with Crippen LogP contribution in [0.15, 0.2) is 30.4 Å². The molecule has 0 aliphatic rings. The number of hydrogen-bond acceptors (Lipinski definition) is 3. The second-order valence-electron chi connectivity index (χ2n) is 4.08. The van der Waals surface area contributed by atoms with E-state index in [1.165, 1.54) is 5.57 Å². The zero-order chi connectivity index (χ0) is 12.0. The molecule has 2 N–H and O–H groups in total. The quantitative estimate of drug-likeness (QED) is 0.743. The summed E-state index contributed by atoms with van der Waals surface area (Å²) in [5.74, 6) is 0. The van der Waals surface area contributed by atoms with Gasteiger partial charge < -0.3 is 5.73 Å². The van der Waals surface area contributed by atoms with Crippen LogP contribution in [0.5, 0.6) is 0 Å². The van der Waals surface area contributed by atoms with Gasteiger partial charge in [0.1, 0.15) is 0 Å². The largest absolute Gasteiger partial charge is 0.325 e. The zero-order valence-corrected chi connectivity index (χ0v) is 10.2. The van der Waals surface area contributed by atoms with Crippen LogP contribution in [0.4, 0.5) is 0 Å². The van der Waals surface area contributed by atoms with Crippen LogP contribution < -0.4 is 5.73 Å². The molecular weight excluding hydrogens is 198 g/mol. The number of nitrogens with two attached hydrogens (primary N) is 1. The van der Waals surface area contributed by atoms with Crippen molar-refractivity contribution in [2.24, 2.45) is 5.73 Å². The minimum absolute atomic E-state index is 0.500. The van der Waals surface area contributed by atoms with Crippen LogP contribution in [-0.4, -0.2) is 23.0 Å². The molecule has 0 bridgehead atoms. The van der Waals surface area contributed by atoms with Crippen molar-refractivity contribution in [3.63, 3.8) is 0 Å². The van der Waals surface area contributed by atoms with Gasteiger partial charge in [-0.2, -0.15) is 0 Å². The lowest BCUT2D eigenvalue weighted by Gasteiger charge is -2.20. The molecule has 0 saturated heterocycles. The lowest BCUT2D eigenvalue weighted by Crippen LogP contribution is -2.25. The summed E-state index contributed by atoms with van der Waals surface area (Å²) in [6.45, 7) is 11.4. The van der Waals surface area contributed by atoms with Crippen LogP contribution in [-0.2, 0) is 13.1 Å². The molecule has 0 atom stereocenters. The van der Waals surface area contributed by atoms with Gasteiger partial charge in [0.25, 0.3) is 0 Å². The minimum Gasteiger partial charge on any atom is -0.325 e. The molecule has 16 heavy (non-hydrogen) atoms. The summed E-state index contributed by atoms with van der Waals surface area (Å²) >= 11 is 0. The number of nitrogens with zero attached hydrogens (tertiary/aromatic N) is 2. The maximum absolute atomic E-state index is 5.57. The fraction of sp³-hybridized carbons (Fsp3) is 0.462. The Morgan fingerprint density at radius 3 is 2.69 bits per heavy atom. The first kappa shape index (κ1) is 12.9. The average Bonchev–Trinajstić information content (AvgIpc) is 2.28. The van der Waals surface area contributed by atoms with Crippen LogP contribution in [0.3, 0.4) is 0 Å². The molecular formula is C13H21N3. The lowest BCUT2D eigenvalue weighted by atomic mass is 10.2. The lowest BCUT2D eigenvalue weighted by molar-refractivity contribution is 0.300. The van der Waals surface area contributed by atoms with Crippen molar-refractivity contribution in [3.8, 4) is 0 Å². The van der Waals surface area contributed by atoms with Crippen LogP contribution in [0, 0.1) is 0 Å². The van der Waals surface area contributed by atoms with Gasteiger partial charge in [-0.05, 0) is 25.6 Å². The highest BCUT2D eigenvalue weighted by Gasteiger charge is 2.05. The molecule has 3 nitrogen and oxygen atoms in total. The maximum Gasteiger partial charge on any atom is 0.0547 e. The summed E-state index contributed by atoms with van der Waals surface area (Å²) in [5, 5.41) is 0. The molecule has 0 fully saturated rings. The van der Waals surface area contributed by atoms with E-state index in [9.17, 15) is 0 Å².